The van der Waals surface area contributed by atoms with Gasteiger partial charge in [0, 0.05) is 29.3 Å². The molecule has 0 aliphatic carbocycles. The summed E-state index contributed by atoms with van der Waals surface area (Å²) in [6.45, 7) is 3.67. The van der Waals surface area contributed by atoms with E-state index < -0.39 is 10.0 Å². The molecule has 0 saturated carbocycles. The lowest BCUT2D eigenvalue weighted by Crippen LogP contribution is -2.18. The van der Waals surface area contributed by atoms with Gasteiger partial charge in [-0.3, -0.25) is 4.72 Å². The molecule has 1 unspecified atom stereocenters. The average molecular weight is 367 g/mol. The third-order valence-electron chi connectivity index (χ3n) is 3.76. The molecule has 1 aliphatic heterocycles. The van der Waals surface area contributed by atoms with Crippen LogP contribution in [-0.2, 0) is 14.8 Å². The van der Waals surface area contributed by atoms with Crippen LogP contribution >= 0.6 is 11.3 Å². The highest BCUT2D eigenvalue weighted by Crippen LogP contribution is 2.31. The van der Waals surface area contributed by atoms with Gasteiger partial charge in [0.1, 0.15) is 0 Å². The zero-order valence-electron chi connectivity index (χ0n) is 13.7. The highest BCUT2D eigenvalue weighted by atomic mass is 32.2. The predicted molar refractivity (Wildman–Crippen MR) is 98.2 cm³/mol. The van der Waals surface area contributed by atoms with Crippen LogP contribution in [0.3, 0.4) is 0 Å². The van der Waals surface area contributed by atoms with E-state index >= 15 is 0 Å². The fourth-order valence-electron chi connectivity index (χ4n) is 2.66. The number of hydrogen-bond acceptors (Lipinski definition) is 6. The first-order valence-corrected chi connectivity index (χ1v) is 10.5. The van der Waals surface area contributed by atoms with Crippen molar-refractivity contribution in [1.29, 1.82) is 0 Å². The lowest BCUT2D eigenvalue weighted by molar-refractivity contribution is 0.120. The molecule has 0 spiro atoms. The second-order valence-corrected chi connectivity index (χ2v) is 8.84. The molecule has 0 amide bonds. The normalized spacial score (nSPS) is 17.8. The van der Waals surface area contributed by atoms with Crippen molar-refractivity contribution < 1.29 is 13.2 Å². The minimum absolute atomic E-state index is 0.277. The number of nitrogens with one attached hydrogen (secondary N) is 2. The first-order valence-electron chi connectivity index (χ1n) is 7.82. The van der Waals surface area contributed by atoms with Crippen LogP contribution in [-0.4, -0.2) is 38.9 Å². The van der Waals surface area contributed by atoms with Crippen LogP contribution in [0.2, 0.25) is 0 Å². The number of aryl methyl sites for hydroxylation is 1. The van der Waals surface area contributed by atoms with Gasteiger partial charge in [-0.2, -0.15) is 0 Å². The number of aromatic nitrogens is 1. The van der Waals surface area contributed by atoms with E-state index in [1.807, 2.05) is 19.1 Å². The van der Waals surface area contributed by atoms with Gasteiger partial charge in [0.2, 0.25) is 10.0 Å². The van der Waals surface area contributed by atoms with E-state index in [4.69, 9.17) is 4.74 Å². The summed E-state index contributed by atoms with van der Waals surface area (Å²) in [6, 6.07) is 7.24. The van der Waals surface area contributed by atoms with Crippen molar-refractivity contribution in [2.45, 2.75) is 25.9 Å². The maximum absolute atomic E-state index is 11.3. The summed E-state index contributed by atoms with van der Waals surface area (Å²) in [7, 11) is -3.26. The fraction of sp³-hybridized carbons (Fsp3) is 0.438. The Morgan fingerprint density at radius 2 is 2.08 bits per heavy atom. The summed E-state index contributed by atoms with van der Waals surface area (Å²) in [5.74, 6) is 0. The molecule has 0 radical (unpaired) electrons. The molecule has 0 bridgehead atoms. The van der Waals surface area contributed by atoms with Crippen molar-refractivity contribution in [3.63, 3.8) is 0 Å². The van der Waals surface area contributed by atoms with E-state index in [-0.39, 0.29) is 6.10 Å². The molecular weight excluding hydrogens is 346 g/mol. The standard InChI is InChI=1S/C16H21N3O3S2/c1-11-15(12-5-7-13(8-6-12)19-24(2,20)21)18-16(23-11)17-10-14-4-3-9-22-14/h5-8,14,19H,3-4,9-10H2,1-2H3,(H,17,18). The van der Waals surface area contributed by atoms with Gasteiger partial charge in [-0.1, -0.05) is 12.1 Å². The molecule has 6 nitrogen and oxygen atoms in total. The van der Waals surface area contributed by atoms with Crippen molar-refractivity contribution in [2.24, 2.45) is 0 Å². The van der Waals surface area contributed by atoms with Crippen LogP contribution < -0.4 is 10.0 Å². The number of nitrogens with zero attached hydrogens (tertiary/aromatic N) is 1. The molecule has 1 atom stereocenters. The lowest BCUT2D eigenvalue weighted by atomic mass is 10.1. The first-order chi connectivity index (χ1) is 11.4. The van der Waals surface area contributed by atoms with Crippen LogP contribution in [0.1, 0.15) is 17.7 Å². The number of anilines is 2. The lowest BCUT2D eigenvalue weighted by Gasteiger charge is -2.09. The van der Waals surface area contributed by atoms with Crippen molar-refractivity contribution in [3.8, 4) is 11.3 Å². The van der Waals surface area contributed by atoms with Crippen molar-refractivity contribution in [1.82, 2.24) is 4.98 Å². The summed E-state index contributed by atoms with van der Waals surface area (Å²) in [4.78, 5) is 5.78. The predicted octanol–water partition coefficient (Wildman–Crippen LogP) is 3.08. The molecule has 1 saturated heterocycles. The Balaban J connectivity index is 1.69. The van der Waals surface area contributed by atoms with Crippen LogP contribution in [0.4, 0.5) is 10.8 Å². The van der Waals surface area contributed by atoms with Crippen molar-refractivity contribution >= 4 is 32.2 Å². The number of ether oxygens (including phenoxy) is 1. The van der Waals surface area contributed by atoms with Gasteiger partial charge in [0.05, 0.1) is 18.1 Å². The zero-order valence-corrected chi connectivity index (χ0v) is 15.3. The summed E-state index contributed by atoms with van der Waals surface area (Å²) < 4.78 is 30.6. The van der Waals surface area contributed by atoms with Crippen LogP contribution in [0, 0.1) is 6.92 Å². The molecule has 130 valence electrons. The monoisotopic (exact) mass is 367 g/mol. The largest absolute Gasteiger partial charge is 0.376 e. The van der Waals surface area contributed by atoms with Gasteiger partial charge in [0.25, 0.3) is 0 Å². The van der Waals surface area contributed by atoms with E-state index in [9.17, 15) is 8.42 Å². The van der Waals surface area contributed by atoms with Crippen LogP contribution in [0.15, 0.2) is 24.3 Å². The molecule has 1 aromatic heterocycles. The van der Waals surface area contributed by atoms with Gasteiger partial charge < -0.3 is 10.1 Å². The maximum Gasteiger partial charge on any atom is 0.229 e. The van der Waals surface area contributed by atoms with E-state index in [2.05, 4.69) is 15.0 Å². The molecule has 1 fully saturated rings. The maximum atomic E-state index is 11.3. The van der Waals surface area contributed by atoms with E-state index in [1.54, 1.807) is 23.5 Å². The number of thiazole rings is 1. The van der Waals surface area contributed by atoms with E-state index in [0.29, 0.717) is 5.69 Å². The van der Waals surface area contributed by atoms with Crippen molar-refractivity contribution in [3.05, 3.63) is 29.1 Å². The second-order valence-electron chi connectivity index (χ2n) is 5.89. The molecule has 24 heavy (non-hydrogen) atoms. The smallest absolute Gasteiger partial charge is 0.229 e. The summed E-state index contributed by atoms with van der Waals surface area (Å²) in [5.41, 5.74) is 2.43. The summed E-state index contributed by atoms with van der Waals surface area (Å²) >= 11 is 1.62. The zero-order chi connectivity index (χ0) is 17.2. The van der Waals surface area contributed by atoms with Gasteiger partial charge in [0.15, 0.2) is 5.13 Å². The Labute approximate surface area is 146 Å². The summed E-state index contributed by atoms with van der Waals surface area (Å²) in [6.07, 6.45) is 3.64. The third kappa shape index (κ3) is 4.46. The van der Waals surface area contributed by atoms with E-state index in [1.165, 1.54) is 0 Å². The Kier molecular flexibility index (Phi) is 5.07. The van der Waals surface area contributed by atoms with Gasteiger partial charge >= 0.3 is 0 Å². The first kappa shape index (κ1) is 17.2. The number of hydrogen-bond donors (Lipinski definition) is 2. The highest BCUT2D eigenvalue weighted by molar-refractivity contribution is 7.92. The Morgan fingerprint density at radius 3 is 2.71 bits per heavy atom. The van der Waals surface area contributed by atoms with Crippen molar-refractivity contribution in [2.75, 3.05) is 29.4 Å². The number of rotatable bonds is 6. The number of sulfonamides is 1. The quantitative estimate of drug-likeness (QED) is 0.820. The Bertz CT molecular complexity index is 794. The van der Waals surface area contributed by atoms with Gasteiger partial charge in [-0.05, 0) is 31.9 Å². The minimum atomic E-state index is -3.26. The number of benzene rings is 1. The highest BCUT2D eigenvalue weighted by Gasteiger charge is 2.16. The molecule has 1 aromatic carbocycles. The molecule has 8 heteroatoms. The Hall–Kier alpha value is -1.64. The Morgan fingerprint density at radius 1 is 1.33 bits per heavy atom. The molecular formula is C16H21N3O3S2. The minimum Gasteiger partial charge on any atom is -0.376 e. The molecule has 2 heterocycles. The topological polar surface area (TPSA) is 80.3 Å². The summed E-state index contributed by atoms with van der Waals surface area (Å²) in [5, 5.41) is 4.24. The molecule has 2 N–H and O–H groups in total. The second kappa shape index (κ2) is 7.08. The van der Waals surface area contributed by atoms with Crippen LogP contribution in [0.5, 0.6) is 0 Å². The van der Waals surface area contributed by atoms with E-state index in [0.717, 1.165) is 53.5 Å². The fourth-order valence-corrected chi connectivity index (χ4v) is 4.06. The van der Waals surface area contributed by atoms with Gasteiger partial charge in [-0.15, -0.1) is 11.3 Å². The van der Waals surface area contributed by atoms with Crippen LogP contribution in [0.25, 0.3) is 11.3 Å². The third-order valence-corrected chi connectivity index (χ3v) is 5.30. The molecule has 2 aromatic rings. The van der Waals surface area contributed by atoms with Gasteiger partial charge in [-0.25, -0.2) is 13.4 Å². The molecule has 3 rings (SSSR count). The average Bonchev–Trinajstić information content (AvgIpc) is 3.14. The SMILES string of the molecule is Cc1sc(NCC2CCCO2)nc1-c1ccc(NS(C)(=O)=O)cc1. The molecule has 1 aliphatic rings.